The SMILES string of the molecule is CCCC(CN)Cc1cc(C)nn1CC. The Labute approximate surface area is 92.7 Å². The third-order valence-corrected chi connectivity index (χ3v) is 2.81. The van der Waals surface area contributed by atoms with Crippen LogP contribution < -0.4 is 5.73 Å². The maximum atomic E-state index is 5.78. The Hall–Kier alpha value is -0.830. The van der Waals surface area contributed by atoms with Gasteiger partial charge in [-0.05, 0) is 45.2 Å². The van der Waals surface area contributed by atoms with Crippen molar-refractivity contribution < 1.29 is 0 Å². The lowest BCUT2D eigenvalue weighted by Crippen LogP contribution is -2.18. The second-order valence-corrected chi connectivity index (χ2v) is 4.19. The average Bonchev–Trinajstić information content (AvgIpc) is 2.58. The molecule has 3 heteroatoms. The summed E-state index contributed by atoms with van der Waals surface area (Å²) in [6.45, 7) is 8.12. The van der Waals surface area contributed by atoms with Crippen LogP contribution in [0.2, 0.25) is 0 Å². The van der Waals surface area contributed by atoms with Crippen LogP contribution in [0.15, 0.2) is 6.07 Å². The van der Waals surface area contributed by atoms with Crippen LogP contribution in [0.4, 0.5) is 0 Å². The van der Waals surface area contributed by atoms with Gasteiger partial charge in [0.05, 0.1) is 5.69 Å². The maximum Gasteiger partial charge on any atom is 0.0596 e. The summed E-state index contributed by atoms with van der Waals surface area (Å²) in [6.07, 6.45) is 3.49. The van der Waals surface area contributed by atoms with E-state index in [1.165, 1.54) is 18.5 Å². The van der Waals surface area contributed by atoms with Gasteiger partial charge in [0, 0.05) is 12.2 Å². The number of hydrogen-bond donors (Lipinski definition) is 1. The molecule has 0 aliphatic heterocycles. The van der Waals surface area contributed by atoms with Crippen molar-refractivity contribution in [1.82, 2.24) is 9.78 Å². The highest BCUT2D eigenvalue weighted by molar-refractivity contribution is 5.09. The molecule has 1 aromatic heterocycles. The van der Waals surface area contributed by atoms with Crippen LogP contribution in [0.1, 0.15) is 38.1 Å². The highest BCUT2D eigenvalue weighted by Gasteiger charge is 2.11. The fourth-order valence-corrected chi connectivity index (χ4v) is 2.04. The van der Waals surface area contributed by atoms with Crippen LogP contribution in [0, 0.1) is 12.8 Å². The molecule has 1 heterocycles. The Kier molecular flexibility index (Phi) is 4.82. The minimum absolute atomic E-state index is 0.608. The molecule has 0 radical (unpaired) electrons. The molecule has 86 valence electrons. The first-order valence-electron chi connectivity index (χ1n) is 5.94. The minimum Gasteiger partial charge on any atom is -0.330 e. The van der Waals surface area contributed by atoms with Crippen LogP contribution in [-0.4, -0.2) is 16.3 Å². The van der Waals surface area contributed by atoms with E-state index in [-0.39, 0.29) is 0 Å². The summed E-state index contributed by atoms with van der Waals surface area (Å²) in [4.78, 5) is 0. The fourth-order valence-electron chi connectivity index (χ4n) is 2.04. The second-order valence-electron chi connectivity index (χ2n) is 4.19. The monoisotopic (exact) mass is 209 g/mol. The minimum atomic E-state index is 0.608. The van der Waals surface area contributed by atoms with Gasteiger partial charge in [-0.15, -0.1) is 0 Å². The molecule has 0 amide bonds. The normalized spacial score (nSPS) is 13.1. The fraction of sp³-hybridized carbons (Fsp3) is 0.750. The van der Waals surface area contributed by atoms with E-state index in [1.807, 2.05) is 6.92 Å². The predicted octanol–water partition coefficient (Wildman–Crippen LogP) is 2.13. The molecule has 0 bridgehead atoms. The van der Waals surface area contributed by atoms with Crippen LogP contribution in [-0.2, 0) is 13.0 Å². The second kappa shape index (κ2) is 5.91. The van der Waals surface area contributed by atoms with Gasteiger partial charge in [-0.3, -0.25) is 4.68 Å². The quantitative estimate of drug-likeness (QED) is 0.780. The van der Waals surface area contributed by atoms with Gasteiger partial charge in [0.2, 0.25) is 0 Å². The van der Waals surface area contributed by atoms with E-state index in [0.29, 0.717) is 5.92 Å². The molecule has 0 fully saturated rings. The number of rotatable bonds is 6. The van der Waals surface area contributed by atoms with Crippen molar-refractivity contribution in [2.24, 2.45) is 11.7 Å². The van der Waals surface area contributed by atoms with Crippen LogP contribution in [0.25, 0.3) is 0 Å². The summed E-state index contributed by atoms with van der Waals surface area (Å²) in [5.41, 5.74) is 8.22. The van der Waals surface area contributed by atoms with Crippen LogP contribution in [0.5, 0.6) is 0 Å². The third-order valence-electron chi connectivity index (χ3n) is 2.81. The van der Waals surface area contributed by atoms with Gasteiger partial charge < -0.3 is 5.73 Å². The van der Waals surface area contributed by atoms with Crippen molar-refractivity contribution in [2.45, 2.75) is 46.6 Å². The van der Waals surface area contributed by atoms with Gasteiger partial charge in [-0.1, -0.05) is 13.3 Å². The van der Waals surface area contributed by atoms with Crippen molar-refractivity contribution in [2.75, 3.05) is 6.54 Å². The van der Waals surface area contributed by atoms with Crippen molar-refractivity contribution in [3.05, 3.63) is 17.5 Å². The Morgan fingerprint density at radius 2 is 2.20 bits per heavy atom. The third kappa shape index (κ3) is 3.34. The van der Waals surface area contributed by atoms with E-state index in [9.17, 15) is 0 Å². The molecule has 15 heavy (non-hydrogen) atoms. The number of aromatic nitrogens is 2. The summed E-state index contributed by atoms with van der Waals surface area (Å²) < 4.78 is 2.09. The van der Waals surface area contributed by atoms with E-state index >= 15 is 0 Å². The van der Waals surface area contributed by atoms with Gasteiger partial charge in [0.1, 0.15) is 0 Å². The molecular weight excluding hydrogens is 186 g/mol. The molecule has 0 aliphatic rings. The summed E-state index contributed by atoms with van der Waals surface area (Å²) >= 11 is 0. The average molecular weight is 209 g/mol. The smallest absolute Gasteiger partial charge is 0.0596 e. The molecule has 1 unspecified atom stereocenters. The van der Waals surface area contributed by atoms with Gasteiger partial charge in [-0.25, -0.2) is 0 Å². The summed E-state index contributed by atoms with van der Waals surface area (Å²) in [7, 11) is 0. The summed E-state index contributed by atoms with van der Waals surface area (Å²) in [6, 6.07) is 2.18. The number of nitrogens with zero attached hydrogens (tertiary/aromatic N) is 2. The summed E-state index contributed by atoms with van der Waals surface area (Å²) in [5.74, 6) is 0.608. The molecule has 0 saturated heterocycles. The van der Waals surface area contributed by atoms with Gasteiger partial charge in [0.15, 0.2) is 0 Å². The molecule has 1 atom stereocenters. The van der Waals surface area contributed by atoms with Gasteiger partial charge >= 0.3 is 0 Å². The largest absolute Gasteiger partial charge is 0.330 e. The van der Waals surface area contributed by atoms with Crippen molar-refractivity contribution in [3.8, 4) is 0 Å². The van der Waals surface area contributed by atoms with E-state index < -0.39 is 0 Å². The Morgan fingerprint density at radius 3 is 2.73 bits per heavy atom. The molecule has 1 aromatic rings. The maximum absolute atomic E-state index is 5.78. The molecular formula is C12H23N3. The Bertz CT molecular complexity index is 291. The molecule has 1 rings (SSSR count). The standard InChI is InChI=1S/C12H23N3/c1-4-6-11(9-13)8-12-7-10(3)14-15(12)5-2/h7,11H,4-6,8-9,13H2,1-3H3. The van der Waals surface area contributed by atoms with Crippen molar-refractivity contribution in [3.63, 3.8) is 0 Å². The number of hydrogen-bond acceptors (Lipinski definition) is 2. The van der Waals surface area contributed by atoms with Crippen molar-refractivity contribution >= 4 is 0 Å². The van der Waals surface area contributed by atoms with Gasteiger partial charge in [-0.2, -0.15) is 5.10 Å². The summed E-state index contributed by atoms with van der Waals surface area (Å²) in [5, 5.41) is 4.45. The van der Waals surface area contributed by atoms with E-state index in [1.54, 1.807) is 0 Å². The highest BCUT2D eigenvalue weighted by atomic mass is 15.3. The lowest BCUT2D eigenvalue weighted by molar-refractivity contribution is 0.465. The van der Waals surface area contributed by atoms with E-state index in [0.717, 1.165) is 25.2 Å². The first kappa shape index (κ1) is 12.2. The number of nitrogens with two attached hydrogens (primary N) is 1. The molecule has 0 aliphatic carbocycles. The first-order chi connectivity index (χ1) is 7.21. The highest BCUT2D eigenvalue weighted by Crippen LogP contribution is 2.14. The molecule has 0 saturated carbocycles. The molecule has 0 aromatic carbocycles. The van der Waals surface area contributed by atoms with Crippen LogP contribution in [0.3, 0.4) is 0 Å². The van der Waals surface area contributed by atoms with E-state index in [4.69, 9.17) is 5.73 Å². The molecule has 2 N–H and O–H groups in total. The first-order valence-corrected chi connectivity index (χ1v) is 5.94. The Balaban J connectivity index is 2.68. The number of aryl methyl sites for hydroxylation is 2. The topological polar surface area (TPSA) is 43.8 Å². The molecule has 3 nitrogen and oxygen atoms in total. The zero-order valence-electron chi connectivity index (χ0n) is 10.2. The van der Waals surface area contributed by atoms with E-state index in [2.05, 4.69) is 29.7 Å². The lowest BCUT2D eigenvalue weighted by Gasteiger charge is -2.14. The predicted molar refractivity (Wildman–Crippen MR) is 63.8 cm³/mol. The van der Waals surface area contributed by atoms with Gasteiger partial charge in [0.25, 0.3) is 0 Å². The van der Waals surface area contributed by atoms with Crippen molar-refractivity contribution in [1.29, 1.82) is 0 Å². The zero-order valence-corrected chi connectivity index (χ0v) is 10.2. The Morgan fingerprint density at radius 1 is 1.47 bits per heavy atom. The lowest BCUT2D eigenvalue weighted by atomic mass is 9.98. The van der Waals surface area contributed by atoms with Crippen LogP contribution >= 0.6 is 0 Å². The molecule has 0 spiro atoms. The zero-order chi connectivity index (χ0) is 11.3.